The maximum absolute atomic E-state index is 5.05. The third-order valence-electron chi connectivity index (χ3n) is 0.0714. The third kappa shape index (κ3) is 2.58. The van der Waals surface area contributed by atoms with Crippen LogP contribution in [0.5, 0.6) is 0 Å². The molecule has 0 nitrogen and oxygen atoms in total. The molecule has 0 aromatic carbocycles. The quantitative estimate of drug-likeness (QED) is 0.438. The van der Waals surface area contributed by atoms with E-state index in [0.717, 1.165) is 0 Å². The van der Waals surface area contributed by atoms with Crippen molar-refractivity contribution < 1.29 is 0 Å². The summed E-state index contributed by atoms with van der Waals surface area (Å²) in [6.45, 7) is 0. The molecule has 0 atom stereocenters. The summed E-state index contributed by atoms with van der Waals surface area (Å²) in [6.07, 6.45) is 0. The predicted molar refractivity (Wildman–Crippen MR) is 21.4 cm³/mol. The van der Waals surface area contributed by atoms with Crippen LogP contribution in [0, 0.1) is 0 Å². The zero-order chi connectivity index (χ0) is 3.41. The van der Waals surface area contributed by atoms with Gasteiger partial charge in [0.05, 0.1) is 0 Å². The van der Waals surface area contributed by atoms with Crippen molar-refractivity contribution in [2.75, 3.05) is 11.8 Å². The highest BCUT2D eigenvalue weighted by Crippen LogP contribution is 1.75. The predicted octanol–water partition coefficient (Wildman–Crippen LogP) is 1.46. The summed E-state index contributed by atoms with van der Waals surface area (Å²) in [6, 6.07) is 0. The molecule has 0 aliphatic rings. The van der Waals surface area contributed by atoms with Crippen LogP contribution in [0.25, 0.3) is 0 Å². The lowest BCUT2D eigenvalue weighted by molar-refractivity contribution is 1.52. The van der Waals surface area contributed by atoms with E-state index in [9.17, 15) is 0 Å². The van der Waals surface area contributed by atoms with Crippen molar-refractivity contribution >= 4 is 23.2 Å². The first-order valence-corrected chi connectivity index (χ1v) is 2.10. The van der Waals surface area contributed by atoms with Gasteiger partial charge < -0.3 is 0 Å². The molecule has 0 saturated carbocycles. The molecule has 0 aromatic heterocycles. The molecule has 0 fully saturated rings. The maximum atomic E-state index is 5.05. The van der Waals surface area contributed by atoms with Crippen molar-refractivity contribution in [1.29, 1.82) is 0 Å². The smallest absolute Gasteiger partial charge is 0.0359 e. The molecule has 0 aliphatic carbocycles. The van der Waals surface area contributed by atoms with Crippen molar-refractivity contribution in [3.05, 3.63) is 0 Å². The topological polar surface area (TPSA) is 0 Å². The van der Waals surface area contributed by atoms with Gasteiger partial charge in [-0.1, -0.05) is 0 Å². The Kier molecular flexibility index (Phi) is 4.10. The van der Waals surface area contributed by atoms with Crippen LogP contribution in [0.3, 0.4) is 0 Å². The molecule has 0 N–H and O–H groups in total. The molecular weight excluding hydrogens is 96.4 g/mol. The van der Waals surface area contributed by atoms with Crippen molar-refractivity contribution in [2.45, 2.75) is 0 Å². The molecule has 0 unspecified atom stereocenters. The molecule has 0 spiro atoms. The highest BCUT2D eigenvalue weighted by atomic mass is 37.0. The highest BCUT2D eigenvalue weighted by Gasteiger charge is 1.61. The lowest BCUT2D eigenvalue weighted by Crippen LogP contribution is -1.63. The van der Waals surface area contributed by atoms with Crippen molar-refractivity contribution in [3.63, 3.8) is 0 Å². The third-order valence-corrected chi connectivity index (χ3v) is 0.643. The highest BCUT2D eigenvalue weighted by molar-refractivity contribution is 6.25. The van der Waals surface area contributed by atoms with E-state index in [1.54, 1.807) is 0 Å². The standard InChI is InChI=1S/C2H4Cl2/c3-1-2-4/h1-2H2/i3+2. The van der Waals surface area contributed by atoms with Crippen molar-refractivity contribution in [3.8, 4) is 0 Å². The van der Waals surface area contributed by atoms with Gasteiger partial charge >= 0.3 is 0 Å². The summed E-state index contributed by atoms with van der Waals surface area (Å²) in [5, 5.41) is 0. The van der Waals surface area contributed by atoms with Crippen LogP contribution in [0.15, 0.2) is 0 Å². The molecule has 0 rings (SSSR count). The number of rotatable bonds is 1. The molecule has 0 saturated heterocycles. The second-order valence-corrected chi connectivity index (χ2v) is 1.13. The Bertz CT molecular complexity index is 6.00. The van der Waals surface area contributed by atoms with E-state index < -0.39 is 0 Å². The fourth-order valence-corrected chi connectivity index (χ4v) is 0. The Balaban J connectivity index is 1.97. The largest absolute Gasteiger partial charge is 0.125 e. The van der Waals surface area contributed by atoms with Crippen LogP contribution >= 0.6 is 23.2 Å². The summed E-state index contributed by atoms with van der Waals surface area (Å²) in [5.74, 6) is 1.11. The van der Waals surface area contributed by atoms with E-state index >= 15 is 0 Å². The molecule has 0 amide bonds. The van der Waals surface area contributed by atoms with Crippen LogP contribution in [-0.2, 0) is 0 Å². The van der Waals surface area contributed by atoms with Crippen molar-refractivity contribution in [2.24, 2.45) is 0 Å². The first-order chi connectivity index (χ1) is 1.91. The monoisotopic (exact) mass is 100.0 g/mol. The number of alkyl halides is 2. The van der Waals surface area contributed by atoms with Gasteiger partial charge in [0.2, 0.25) is 0 Å². The number of hydrogen-bond acceptors (Lipinski definition) is 0. The Hall–Kier alpha value is 0.580. The molecule has 0 aliphatic heterocycles. The Morgan fingerprint density at radius 3 is 2.00 bits per heavy atom. The summed E-state index contributed by atoms with van der Waals surface area (Å²) in [4.78, 5) is 0. The van der Waals surface area contributed by atoms with E-state index in [2.05, 4.69) is 0 Å². The number of halogens is 2. The Morgan fingerprint density at radius 2 is 2.00 bits per heavy atom. The molecule has 2 heteroatoms. The van der Waals surface area contributed by atoms with Gasteiger partial charge in [-0.2, -0.15) is 0 Å². The first-order valence-electron chi connectivity index (χ1n) is 1.03. The van der Waals surface area contributed by atoms with Gasteiger partial charge in [0.25, 0.3) is 0 Å². The van der Waals surface area contributed by atoms with Crippen LogP contribution in [0.1, 0.15) is 0 Å². The minimum Gasteiger partial charge on any atom is -0.125 e. The second-order valence-electron chi connectivity index (χ2n) is 0.378. The van der Waals surface area contributed by atoms with Crippen LogP contribution < -0.4 is 0 Å². The zero-order valence-electron chi connectivity index (χ0n) is 2.17. The van der Waals surface area contributed by atoms with E-state index in [-0.39, 0.29) is 0 Å². The molecule has 0 radical (unpaired) electrons. The zero-order valence-corrected chi connectivity index (χ0v) is 3.68. The van der Waals surface area contributed by atoms with Crippen molar-refractivity contribution in [1.82, 2.24) is 0 Å². The normalized spacial score (nSPS) is 7.50. The summed E-state index contributed by atoms with van der Waals surface area (Å²) in [7, 11) is 0. The van der Waals surface area contributed by atoms with Crippen LogP contribution in [0.2, 0.25) is 0 Å². The molecule has 0 aromatic rings. The Labute approximate surface area is 35.7 Å². The van der Waals surface area contributed by atoms with Crippen LogP contribution in [-0.4, -0.2) is 11.8 Å². The minimum atomic E-state index is 0.557. The average Bonchev–Trinajstić information content (AvgIpc) is 1.37. The molecular formula is C2H4Cl2. The average molecular weight is 100 g/mol. The summed E-state index contributed by atoms with van der Waals surface area (Å²) < 4.78 is 0. The Morgan fingerprint density at radius 1 is 1.75 bits per heavy atom. The van der Waals surface area contributed by atoms with E-state index in [4.69, 9.17) is 23.2 Å². The van der Waals surface area contributed by atoms with Crippen LogP contribution in [0.4, 0.5) is 0 Å². The lowest BCUT2D eigenvalue weighted by Gasteiger charge is -1.63. The molecule has 4 heavy (non-hydrogen) atoms. The van der Waals surface area contributed by atoms with E-state index in [1.165, 1.54) is 0 Å². The first kappa shape index (κ1) is 4.58. The minimum absolute atomic E-state index is 0.557. The van der Waals surface area contributed by atoms with Gasteiger partial charge in [-0.25, -0.2) is 0 Å². The summed E-state index contributed by atoms with van der Waals surface area (Å²) in [5.41, 5.74) is 0. The number of hydrogen-bond donors (Lipinski definition) is 0. The molecule has 26 valence electrons. The van der Waals surface area contributed by atoms with Gasteiger partial charge in [0.15, 0.2) is 0 Å². The SMILES string of the molecule is ClCC[37Cl]. The van der Waals surface area contributed by atoms with Gasteiger partial charge in [-0.3, -0.25) is 0 Å². The molecule has 0 heterocycles. The maximum Gasteiger partial charge on any atom is 0.0359 e. The van der Waals surface area contributed by atoms with E-state index in [0.29, 0.717) is 11.8 Å². The van der Waals surface area contributed by atoms with Gasteiger partial charge in [0.1, 0.15) is 0 Å². The fraction of sp³-hybridized carbons (Fsp3) is 1.00. The second kappa shape index (κ2) is 3.58. The van der Waals surface area contributed by atoms with E-state index in [1.807, 2.05) is 0 Å². The summed E-state index contributed by atoms with van der Waals surface area (Å²) >= 11 is 10.1. The lowest BCUT2D eigenvalue weighted by atomic mass is 11.0. The molecule has 0 bridgehead atoms. The van der Waals surface area contributed by atoms with Gasteiger partial charge in [-0.05, 0) is 0 Å². The fourth-order valence-electron chi connectivity index (χ4n) is 0. The van der Waals surface area contributed by atoms with Gasteiger partial charge in [-0.15, -0.1) is 23.2 Å². The van der Waals surface area contributed by atoms with Gasteiger partial charge in [0, 0.05) is 11.8 Å².